The highest BCUT2D eigenvalue weighted by atomic mass is 79.9. The molecule has 0 aliphatic carbocycles. The van der Waals surface area contributed by atoms with Gasteiger partial charge in [0.15, 0.2) is 0 Å². The van der Waals surface area contributed by atoms with E-state index in [2.05, 4.69) is 32.2 Å². The molecule has 1 unspecified atom stereocenters. The molecule has 138 valence electrons. The van der Waals surface area contributed by atoms with E-state index >= 15 is 0 Å². The third-order valence-electron chi connectivity index (χ3n) is 4.65. The Kier molecular flexibility index (Phi) is 5.94. The average molecular weight is 421 g/mol. The lowest BCUT2D eigenvalue weighted by atomic mass is 9.98. The molecule has 1 aliphatic heterocycles. The molecule has 1 heterocycles. The number of nitrogens with zero attached hydrogens (tertiary/aromatic N) is 1. The SMILES string of the molecule is CCOc1ccc2c(c1)CN(C(C)C(=O)Nc1ccc(Br)cc1F)CC2. The van der Waals surface area contributed by atoms with Crippen molar-refractivity contribution in [2.45, 2.75) is 32.9 Å². The number of hydrogen-bond donors (Lipinski definition) is 1. The zero-order chi connectivity index (χ0) is 18.7. The van der Waals surface area contributed by atoms with E-state index in [-0.39, 0.29) is 17.6 Å². The van der Waals surface area contributed by atoms with Gasteiger partial charge in [0, 0.05) is 17.6 Å². The second-order valence-corrected chi connectivity index (χ2v) is 7.29. The van der Waals surface area contributed by atoms with Crippen molar-refractivity contribution in [1.82, 2.24) is 4.90 Å². The minimum absolute atomic E-state index is 0.195. The molecule has 0 radical (unpaired) electrons. The largest absolute Gasteiger partial charge is 0.494 e. The molecule has 1 atom stereocenters. The third-order valence-corrected chi connectivity index (χ3v) is 5.14. The van der Waals surface area contributed by atoms with Gasteiger partial charge in [-0.2, -0.15) is 0 Å². The van der Waals surface area contributed by atoms with Gasteiger partial charge < -0.3 is 10.1 Å². The van der Waals surface area contributed by atoms with E-state index in [1.807, 2.05) is 26.0 Å². The number of ether oxygens (including phenoxy) is 1. The van der Waals surface area contributed by atoms with Crippen LogP contribution in [0.3, 0.4) is 0 Å². The number of fused-ring (bicyclic) bond motifs is 1. The van der Waals surface area contributed by atoms with E-state index in [0.717, 1.165) is 18.7 Å². The maximum absolute atomic E-state index is 14.0. The highest BCUT2D eigenvalue weighted by Gasteiger charge is 2.26. The summed E-state index contributed by atoms with van der Waals surface area (Å²) in [5.74, 6) is 0.183. The van der Waals surface area contributed by atoms with E-state index in [9.17, 15) is 9.18 Å². The standard InChI is InChI=1S/C20H22BrFN2O2/c1-3-26-17-6-4-14-8-9-24(12-15(14)10-17)13(2)20(25)23-19-7-5-16(21)11-18(19)22/h4-7,10-11,13H,3,8-9,12H2,1-2H3,(H,23,25). The zero-order valence-electron chi connectivity index (χ0n) is 14.9. The van der Waals surface area contributed by atoms with Gasteiger partial charge in [0.05, 0.1) is 18.3 Å². The van der Waals surface area contributed by atoms with Crippen molar-refractivity contribution in [3.8, 4) is 5.75 Å². The van der Waals surface area contributed by atoms with Gasteiger partial charge in [-0.15, -0.1) is 0 Å². The molecule has 1 N–H and O–H groups in total. The van der Waals surface area contributed by atoms with Crippen LogP contribution in [-0.4, -0.2) is 30.0 Å². The van der Waals surface area contributed by atoms with Gasteiger partial charge in [0.1, 0.15) is 11.6 Å². The topological polar surface area (TPSA) is 41.6 Å². The minimum atomic E-state index is -0.453. The molecule has 1 amide bonds. The van der Waals surface area contributed by atoms with E-state index in [1.54, 1.807) is 12.1 Å². The molecule has 3 rings (SSSR count). The van der Waals surface area contributed by atoms with E-state index in [0.29, 0.717) is 17.6 Å². The first-order valence-corrected chi connectivity index (χ1v) is 9.51. The summed E-state index contributed by atoms with van der Waals surface area (Å²) < 4.78 is 20.2. The summed E-state index contributed by atoms with van der Waals surface area (Å²) in [5.41, 5.74) is 2.66. The fraction of sp³-hybridized carbons (Fsp3) is 0.350. The fourth-order valence-electron chi connectivity index (χ4n) is 3.14. The molecule has 26 heavy (non-hydrogen) atoms. The normalized spacial score (nSPS) is 15.2. The predicted octanol–water partition coefficient (Wildman–Crippen LogP) is 4.37. The molecule has 0 saturated heterocycles. The number of carbonyl (C=O) groups is 1. The first kappa shape index (κ1) is 18.9. The van der Waals surface area contributed by atoms with Crippen molar-refractivity contribution in [1.29, 1.82) is 0 Å². The number of carbonyl (C=O) groups excluding carboxylic acids is 1. The van der Waals surface area contributed by atoms with Crippen LogP contribution in [0.2, 0.25) is 0 Å². The summed E-state index contributed by atoms with van der Waals surface area (Å²) in [4.78, 5) is 14.7. The van der Waals surface area contributed by atoms with Crippen molar-refractivity contribution < 1.29 is 13.9 Å². The Labute approximate surface area is 161 Å². The van der Waals surface area contributed by atoms with Gasteiger partial charge in [-0.1, -0.05) is 22.0 Å². The Bertz CT molecular complexity index is 812. The van der Waals surface area contributed by atoms with Gasteiger partial charge in [0.25, 0.3) is 0 Å². The van der Waals surface area contributed by atoms with Crippen molar-refractivity contribution in [2.24, 2.45) is 0 Å². The molecule has 2 aromatic rings. The number of halogens is 2. The van der Waals surface area contributed by atoms with Crippen LogP contribution in [0.4, 0.5) is 10.1 Å². The Morgan fingerprint density at radius 1 is 1.31 bits per heavy atom. The first-order valence-electron chi connectivity index (χ1n) is 8.72. The van der Waals surface area contributed by atoms with Gasteiger partial charge >= 0.3 is 0 Å². The average Bonchev–Trinajstić information content (AvgIpc) is 2.63. The van der Waals surface area contributed by atoms with Crippen LogP contribution in [0.1, 0.15) is 25.0 Å². The smallest absolute Gasteiger partial charge is 0.241 e. The summed E-state index contributed by atoms with van der Waals surface area (Å²) in [5, 5.41) is 2.69. The number of hydrogen-bond acceptors (Lipinski definition) is 3. The highest BCUT2D eigenvalue weighted by molar-refractivity contribution is 9.10. The molecule has 0 aromatic heterocycles. The Balaban J connectivity index is 1.69. The summed E-state index contributed by atoms with van der Waals surface area (Å²) in [6, 6.07) is 10.4. The van der Waals surface area contributed by atoms with Crippen LogP contribution in [0, 0.1) is 5.82 Å². The quantitative estimate of drug-likeness (QED) is 0.780. The molecule has 6 heteroatoms. The third kappa shape index (κ3) is 4.24. The lowest BCUT2D eigenvalue weighted by Crippen LogP contribution is -2.44. The van der Waals surface area contributed by atoms with Gasteiger partial charge in [-0.05, 0) is 61.7 Å². The van der Waals surface area contributed by atoms with Gasteiger partial charge in [-0.3, -0.25) is 9.69 Å². The van der Waals surface area contributed by atoms with E-state index < -0.39 is 5.82 Å². The van der Waals surface area contributed by atoms with Crippen LogP contribution in [-0.2, 0) is 17.8 Å². The van der Waals surface area contributed by atoms with Crippen molar-refractivity contribution in [3.05, 3.63) is 57.8 Å². The van der Waals surface area contributed by atoms with Crippen LogP contribution >= 0.6 is 15.9 Å². The Morgan fingerprint density at radius 3 is 2.85 bits per heavy atom. The summed E-state index contributed by atoms with van der Waals surface area (Å²) >= 11 is 3.22. The molecule has 0 bridgehead atoms. The van der Waals surface area contributed by atoms with Gasteiger partial charge in [0.2, 0.25) is 5.91 Å². The Hall–Kier alpha value is -1.92. The zero-order valence-corrected chi connectivity index (χ0v) is 16.5. The van der Waals surface area contributed by atoms with Gasteiger partial charge in [-0.25, -0.2) is 4.39 Å². The maximum Gasteiger partial charge on any atom is 0.241 e. The second-order valence-electron chi connectivity index (χ2n) is 6.37. The van der Waals surface area contributed by atoms with Crippen molar-refractivity contribution in [3.63, 3.8) is 0 Å². The molecule has 0 spiro atoms. The first-order chi connectivity index (χ1) is 12.5. The molecule has 0 saturated carbocycles. The number of amides is 1. The highest BCUT2D eigenvalue weighted by Crippen LogP contribution is 2.26. The number of nitrogens with one attached hydrogen (secondary N) is 1. The second kappa shape index (κ2) is 8.18. The number of rotatable bonds is 5. The summed E-state index contributed by atoms with van der Waals surface area (Å²) in [7, 11) is 0. The van der Waals surface area contributed by atoms with E-state index in [1.165, 1.54) is 17.2 Å². The number of benzene rings is 2. The van der Waals surface area contributed by atoms with Crippen molar-refractivity contribution >= 4 is 27.5 Å². The summed E-state index contributed by atoms with van der Waals surface area (Å²) in [6.45, 7) is 5.90. The molecule has 4 nitrogen and oxygen atoms in total. The molecular formula is C20H22BrFN2O2. The van der Waals surface area contributed by atoms with Crippen LogP contribution in [0.5, 0.6) is 5.75 Å². The summed E-state index contributed by atoms with van der Waals surface area (Å²) in [6.07, 6.45) is 0.881. The number of anilines is 1. The lowest BCUT2D eigenvalue weighted by Gasteiger charge is -2.33. The minimum Gasteiger partial charge on any atom is -0.494 e. The van der Waals surface area contributed by atoms with Crippen LogP contribution in [0.15, 0.2) is 40.9 Å². The molecular weight excluding hydrogens is 399 g/mol. The van der Waals surface area contributed by atoms with E-state index in [4.69, 9.17) is 4.74 Å². The lowest BCUT2D eigenvalue weighted by molar-refractivity contribution is -0.121. The maximum atomic E-state index is 14.0. The van der Waals surface area contributed by atoms with Crippen LogP contribution < -0.4 is 10.1 Å². The Morgan fingerprint density at radius 2 is 2.12 bits per heavy atom. The monoisotopic (exact) mass is 420 g/mol. The fourth-order valence-corrected chi connectivity index (χ4v) is 3.47. The molecule has 1 aliphatic rings. The molecule has 2 aromatic carbocycles. The predicted molar refractivity (Wildman–Crippen MR) is 104 cm³/mol. The van der Waals surface area contributed by atoms with Crippen LogP contribution in [0.25, 0.3) is 0 Å². The van der Waals surface area contributed by atoms with Crippen molar-refractivity contribution in [2.75, 3.05) is 18.5 Å². The molecule has 0 fully saturated rings.